The molecule has 110 valence electrons. The van der Waals surface area contributed by atoms with Crippen LogP contribution in [0.3, 0.4) is 0 Å². The lowest BCUT2D eigenvalue weighted by atomic mass is 10.1. The molecule has 0 N–H and O–H groups in total. The highest BCUT2D eigenvalue weighted by Gasteiger charge is 2.32. The van der Waals surface area contributed by atoms with Gasteiger partial charge in [0.2, 0.25) is 0 Å². The fraction of sp³-hybridized carbons (Fsp3) is 0.125. The Balaban J connectivity index is 1.93. The summed E-state index contributed by atoms with van der Waals surface area (Å²) in [6.07, 6.45) is 3.25. The molecular formula is C16H14N4OS. The summed E-state index contributed by atoms with van der Waals surface area (Å²) >= 11 is 1.55. The summed E-state index contributed by atoms with van der Waals surface area (Å²) in [4.78, 5) is 18.4. The van der Waals surface area contributed by atoms with Gasteiger partial charge < -0.3 is 4.90 Å². The van der Waals surface area contributed by atoms with Gasteiger partial charge in [-0.3, -0.25) is 4.79 Å². The van der Waals surface area contributed by atoms with Crippen LogP contribution in [-0.4, -0.2) is 29.4 Å². The number of aromatic nitrogens is 1. The number of nitrogens with zero attached hydrogens (tertiary/aromatic N) is 4. The van der Waals surface area contributed by atoms with Gasteiger partial charge in [-0.25, -0.2) is 4.98 Å². The standard InChI is InChI=1S/C16H14N4OS/c1-3-8-20-14-7-5-4-6-13(14)15(16(20)21)19-17-9-12-10-22-11(2)18-12/h3-7,9-10H,1,8H2,2H3/b17-9-,19-15+. The molecule has 0 unspecified atom stereocenters. The van der Waals surface area contributed by atoms with E-state index >= 15 is 0 Å². The van der Waals surface area contributed by atoms with Crippen LogP contribution in [-0.2, 0) is 4.79 Å². The van der Waals surface area contributed by atoms with Gasteiger partial charge in [0.05, 0.1) is 22.6 Å². The molecule has 1 aliphatic heterocycles. The summed E-state index contributed by atoms with van der Waals surface area (Å²) in [6, 6.07) is 7.55. The number of amides is 1. The lowest BCUT2D eigenvalue weighted by Crippen LogP contribution is -2.30. The highest BCUT2D eigenvalue weighted by atomic mass is 32.1. The first-order chi connectivity index (χ1) is 10.7. The third kappa shape index (κ3) is 2.60. The molecule has 1 aromatic carbocycles. The Kier molecular flexibility index (Phi) is 3.93. The van der Waals surface area contributed by atoms with Gasteiger partial charge in [0.15, 0.2) is 5.71 Å². The summed E-state index contributed by atoms with van der Waals surface area (Å²) < 4.78 is 0. The topological polar surface area (TPSA) is 57.9 Å². The van der Waals surface area contributed by atoms with E-state index in [1.807, 2.05) is 36.6 Å². The summed E-state index contributed by atoms with van der Waals surface area (Å²) in [5, 5.41) is 11.0. The second kappa shape index (κ2) is 6.03. The van der Waals surface area contributed by atoms with E-state index < -0.39 is 0 Å². The number of aryl methyl sites for hydroxylation is 1. The van der Waals surface area contributed by atoms with E-state index in [1.54, 1.807) is 28.5 Å². The molecule has 5 nitrogen and oxygen atoms in total. The molecule has 0 spiro atoms. The van der Waals surface area contributed by atoms with E-state index in [4.69, 9.17) is 0 Å². The van der Waals surface area contributed by atoms with Crippen molar-refractivity contribution in [2.45, 2.75) is 6.92 Å². The molecule has 1 aromatic heterocycles. The first kappa shape index (κ1) is 14.3. The maximum atomic E-state index is 12.5. The fourth-order valence-corrected chi connectivity index (χ4v) is 2.82. The highest BCUT2D eigenvalue weighted by Crippen LogP contribution is 2.28. The van der Waals surface area contributed by atoms with Crippen LogP contribution in [0.5, 0.6) is 0 Å². The van der Waals surface area contributed by atoms with Crippen LogP contribution in [0.2, 0.25) is 0 Å². The zero-order valence-corrected chi connectivity index (χ0v) is 12.9. The summed E-state index contributed by atoms with van der Waals surface area (Å²) in [7, 11) is 0. The second-order valence-electron chi connectivity index (χ2n) is 4.71. The molecule has 0 fully saturated rings. The van der Waals surface area contributed by atoms with Gasteiger partial charge in [-0.1, -0.05) is 24.3 Å². The van der Waals surface area contributed by atoms with E-state index in [1.165, 1.54) is 0 Å². The maximum Gasteiger partial charge on any atom is 0.279 e. The molecule has 0 atom stereocenters. The fourth-order valence-electron chi connectivity index (χ4n) is 2.25. The highest BCUT2D eigenvalue weighted by molar-refractivity contribution is 7.09. The number of rotatable bonds is 4. The Morgan fingerprint density at radius 3 is 2.95 bits per heavy atom. The van der Waals surface area contributed by atoms with Crippen molar-refractivity contribution >= 4 is 34.9 Å². The van der Waals surface area contributed by atoms with Gasteiger partial charge in [0, 0.05) is 17.5 Å². The number of benzene rings is 1. The van der Waals surface area contributed by atoms with E-state index in [0.717, 1.165) is 22.0 Å². The third-order valence-electron chi connectivity index (χ3n) is 3.19. The van der Waals surface area contributed by atoms with E-state index in [0.29, 0.717) is 12.3 Å². The molecule has 22 heavy (non-hydrogen) atoms. The van der Waals surface area contributed by atoms with E-state index in [9.17, 15) is 4.79 Å². The summed E-state index contributed by atoms with van der Waals surface area (Å²) in [5.74, 6) is -0.160. The van der Waals surface area contributed by atoms with Crippen LogP contribution in [0, 0.1) is 6.92 Å². The molecule has 2 aromatic rings. The van der Waals surface area contributed by atoms with Crippen LogP contribution in [0.1, 0.15) is 16.3 Å². The van der Waals surface area contributed by atoms with Crippen molar-refractivity contribution in [1.82, 2.24) is 4.98 Å². The zero-order chi connectivity index (χ0) is 15.5. The first-order valence-electron chi connectivity index (χ1n) is 6.76. The number of fused-ring (bicyclic) bond motifs is 1. The quantitative estimate of drug-likeness (QED) is 0.495. The van der Waals surface area contributed by atoms with Gasteiger partial charge in [-0.15, -0.1) is 23.0 Å². The van der Waals surface area contributed by atoms with Crippen molar-refractivity contribution in [2.24, 2.45) is 10.2 Å². The largest absolute Gasteiger partial charge is 0.302 e. The third-order valence-corrected chi connectivity index (χ3v) is 3.99. The monoisotopic (exact) mass is 310 g/mol. The van der Waals surface area contributed by atoms with Gasteiger partial charge in [-0.05, 0) is 13.0 Å². The molecule has 0 aliphatic carbocycles. The van der Waals surface area contributed by atoms with Crippen molar-refractivity contribution in [3.05, 3.63) is 58.6 Å². The Labute approximate surface area is 132 Å². The van der Waals surface area contributed by atoms with Crippen molar-refractivity contribution in [2.75, 3.05) is 11.4 Å². The van der Waals surface area contributed by atoms with Crippen molar-refractivity contribution in [1.29, 1.82) is 0 Å². The molecule has 0 bridgehead atoms. The molecule has 1 amide bonds. The lowest BCUT2D eigenvalue weighted by Gasteiger charge is -2.13. The SMILES string of the molecule is C=CCN1C(=O)/C(=N/N=C\c2csc(C)n2)c2ccccc21. The van der Waals surface area contributed by atoms with E-state index in [-0.39, 0.29) is 5.91 Å². The molecule has 0 saturated carbocycles. The number of carbonyl (C=O) groups is 1. The Hall–Kier alpha value is -2.60. The molecule has 3 rings (SSSR count). The zero-order valence-electron chi connectivity index (χ0n) is 12.1. The number of anilines is 1. The van der Waals surface area contributed by atoms with Crippen molar-refractivity contribution in [3.63, 3.8) is 0 Å². The number of carbonyl (C=O) groups excluding carboxylic acids is 1. The minimum absolute atomic E-state index is 0.160. The van der Waals surface area contributed by atoms with E-state index in [2.05, 4.69) is 21.8 Å². The van der Waals surface area contributed by atoms with Crippen LogP contribution >= 0.6 is 11.3 Å². The van der Waals surface area contributed by atoms with Crippen molar-refractivity contribution < 1.29 is 4.79 Å². The number of para-hydroxylation sites is 1. The Morgan fingerprint density at radius 2 is 2.23 bits per heavy atom. The average Bonchev–Trinajstić information content (AvgIpc) is 3.04. The summed E-state index contributed by atoms with van der Waals surface area (Å²) in [6.45, 7) is 6.07. The lowest BCUT2D eigenvalue weighted by molar-refractivity contribution is -0.112. The minimum Gasteiger partial charge on any atom is -0.302 e. The molecular weight excluding hydrogens is 296 g/mol. The molecule has 2 heterocycles. The van der Waals surface area contributed by atoms with Gasteiger partial charge in [-0.2, -0.15) is 5.10 Å². The molecule has 0 saturated heterocycles. The second-order valence-corrected chi connectivity index (χ2v) is 5.77. The van der Waals surface area contributed by atoms with Gasteiger partial charge in [0.1, 0.15) is 0 Å². The van der Waals surface area contributed by atoms with Gasteiger partial charge >= 0.3 is 0 Å². The van der Waals surface area contributed by atoms with Crippen LogP contribution in [0.15, 0.2) is 52.5 Å². The maximum absolute atomic E-state index is 12.5. The smallest absolute Gasteiger partial charge is 0.279 e. The Bertz CT molecular complexity index is 791. The minimum atomic E-state index is -0.160. The number of hydrogen-bond donors (Lipinski definition) is 0. The first-order valence-corrected chi connectivity index (χ1v) is 7.64. The van der Waals surface area contributed by atoms with Crippen LogP contribution in [0.4, 0.5) is 5.69 Å². The normalized spacial score (nSPS) is 15.8. The van der Waals surface area contributed by atoms with Crippen molar-refractivity contribution in [3.8, 4) is 0 Å². The predicted molar refractivity (Wildman–Crippen MR) is 90.0 cm³/mol. The van der Waals surface area contributed by atoms with Gasteiger partial charge in [0.25, 0.3) is 5.91 Å². The number of thiazole rings is 1. The molecule has 0 radical (unpaired) electrons. The molecule has 1 aliphatic rings. The van der Waals surface area contributed by atoms with Crippen LogP contribution < -0.4 is 4.90 Å². The van der Waals surface area contributed by atoms with Crippen LogP contribution in [0.25, 0.3) is 0 Å². The predicted octanol–water partition coefficient (Wildman–Crippen LogP) is 2.81. The summed E-state index contributed by atoms with van der Waals surface area (Å²) in [5.41, 5.74) is 2.72. The Morgan fingerprint density at radius 1 is 1.41 bits per heavy atom. The molecule has 6 heteroatoms. The number of hydrogen-bond acceptors (Lipinski definition) is 5. The average molecular weight is 310 g/mol.